The third-order valence-electron chi connectivity index (χ3n) is 6.08. The lowest BCUT2D eigenvalue weighted by atomic mass is 10.1. The quantitative estimate of drug-likeness (QED) is 0.507. The number of hydrogen-bond acceptors (Lipinski definition) is 6. The molecule has 4 aromatic rings. The van der Waals surface area contributed by atoms with E-state index in [1.807, 2.05) is 23.0 Å². The minimum atomic E-state index is 0.834. The van der Waals surface area contributed by atoms with E-state index in [0.717, 1.165) is 60.2 Å². The fourth-order valence-electron chi connectivity index (χ4n) is 4.18. The van der Waals surface area contributed by atoms with Crippen LogP contribution in [0.3, 0.4) is 0 Å². The van der Waals surface area contributed by atoms with Crippen LogP contribution in [0.1, 0.15) is 11.1 Å². The molecule has 0 unspecified atom stereocenters. The number of anilines is 2. The topological polar surface area (TPSA) is 59.3 Å². The number of piperazine rings is 1. The SMILES string of the molecule is COc1ccccc1N1CCN(c2ncnc3c2cnn3-c2ccc(C)c(C)c2)CC1. The summed E-state index contributed by atoms with van der Waals surface area (Å²) in [5.74, 6) is 1.86. The summed E-state index contributed by atoms with van der Waals surface area (Å²) in [6.45, 7) is 7.78. The minimum absolute atomic E-state index is 0.834. The van der Waals surface area contributed by atoms with Crippen molar-refractivity contribution in [1.82, 2.24) is 19.7 Å². The molecule has 158 valence electrons. The van der Waals surface area contributed by atoms with E-state index >= 15 is 0 Å². The van der Waals surface area contributed by atoms with Crippen molar-refractivity contribution in [3.8, 4) is 11.4 Å². The van der Waals surface area contributed by atoms with Crippen LogP contribution in [-0.2, 0) is 0 Å². The van der Waals surface area contributed by atoms with Crippen LogP contribution in [0.5, 0.6) is 5.75 Å². The molecule has 7 nitrogen and oxygen atoms in total. The van der Waals surface area contributed by atoms with E-state index < -0.39 is 0 Å². The molecule has 2 aromatic heterocycles. The van der Waals surface area contributed by atoms with Gasteiger partial charge in [-0.3, -0.25) is 0 Å². The zero-order chi connectivity index (χ0) is 21.4. The predicted octanol–water partition coefficient (Wildman–Crippen LogP) is 3.77. The summed E-state index contributed by atoms with van der Waals surface area (Å²) in [5.41, 5.74) is 5.50. The van der Waals surface area contributed by atoms with E-state index in [-0.39, 0.29) is 0 Å². The summed E-state index contributed by atoms with van der Waals surface area (Å²) >= 11 is 0. The first-order chi connectivity index (χ1) is 15.2. The molecule has 7 heteroatoms. The second-order valence-electron chi connectivity index (χ2n) is 7.91. The monoisotopic (exact) mass is 414 g/mol. The molecule has 1 fully saturated rings. The molecule has 1 aliphatic heterocycles. The Labute approximate surface area is 181 Å². The maximum Gasteiger partial charge on any atom is 0.168 e. The highest BCUT2D eigenvalue weighted by molar-refractivity contribution is 5.87. The number of aryl methyl sites for hydroxylation is 2. The Morgan fingerprint density at radius 1 is 0.871 bits per heavy atom. The van der Waals surface area contributed by atoms with Crippen LogP contribution in [0.4, 0.5) is 11.5 Å². The van der Waals surface area contributed by atoms with Gasteiger partial charge >= 0.3 is 0 Å². The molecule has 0 N–H and O–H groups in total. The van der Waals surface area contributed by atoms with Crippen molar-refractivity contribution in [2.75, 3.05) is 43.1 Å². The van der Waals surface area contributed by atoms with Gasteiger partial charge in [0.05, 0.1) is 30.1 Å². The number of nitrogens with zero attached hydrogens (tertiary/aromatic N) is 6. The van der Waals surface area contributed by atoms with Gasteiger partial charge in [0, 0.05) is 26.2 Å². The van der Waals surface area contributed by atoms with E-state index in [0.29, 0.717) is 0 Å². The molecule has 2 aromatic carbocycles. The first kappa shape index (κ1) is 19.4. The van der Waals surface area contributed by atoms with Gasteiger partial charge in [-0.05, 0) is 49.2 Å². The first-order valence-electron chi connectivity index (χ1n) is 10.5. The highest BCUT2D eigenvalue weighted by Gasteiger charge is 2.23. The first-order valence-corrected chi connectivity index (χ1v) is 10.5. The molecule has 0 spiro atoms. The fraction of sp³-hybridized carbons (Fsp3) is 0.292. The second-order valence-corrected chi connectivity index (χ2v) is 7.91. The molecular weight excluding hydrogens is 388 g/mol. The third-order valence-corrected chi connectivity index (χ3v) is 6.08. The number of benzene rings is 2. The minimum Gasteiger partial charge on any atom is -0.495 e. The zero-order valence-electron chi connectivity index (χ0n) is 18.1. The van der Waals surface area contributed by atoms with Crippen LogP contribution in [0.25, 0.3) is 16.7 Å². The number of rotatable bonds is 4. The van der Waals surface area contributed by atoms with E-state index in [1.54, 1.807) is 13.4 Å². The van der Waals surface area contributed by atoms with Crippen molar-refractivity contribution < 1.29 is 4.74 Å². The van der Waals surface area contributed by atoms with Crippen molar-refractivity contribution in [3.63, 3.8) is 0 Å². The maximum atomic E-state index is 5.54. The molecule has 1 aliphatic rings. The number of ether oxygens (including phenoxy) is 1. The van der Waals surface area contributed by atoms with Crippen LogP contribution < -0.4 is 14.5 Å². The molecule has 31 heavy (non-hydrogen) atoms. The Morgan fingerprint density at radius 2 is 1.65 bits per heavy atom. The zero-order valence-corrected chi connectivity index (χ0v) is 18.1. The van der Waals surface area contributed by atoms with Gasteiger partial charge in [-0.15, -0.1) is 0 Å². The Bertz CT molecular complexity index is 1230. The summed E-state index contributed by atoms with van der Waals surface area (Å²) in [6.07, 6.45) is 3.52. The number of para-hydroxylation sites is 2. The molecule has 0 radical (unpaired) electrons. The lowest BCUT2D eigenvalue weighted by Gasteiger charge is -2.37. The molecule has 3 heterocycles. The van der Waals surface area contributed by atoms with E-state index in [4.69, 9.17) is 4.74 Å². The molecule has 0 aliphatic carbocycles. The number of methoxy groups -OCH3 is 1. The average molecular weight is 415 g/mol. The van der Waals surface area contributed by atoms with Gasteiger partial charge in [0.1, 0.15) is 17.9 Å². The van der Waals surface area contributed by atoms with Crippen LogP contribution in [-0.4, -0.2) is 53.0 Å². The highest BCUT2D eigenvalue weighted by Crippen LogP contribution is 2.30. The number of hydrogen-bond donors (Lipinski definition) is 0. The molecule has 0 saturated carbocycles. The Kier molecular flexibility index (Phi) is 4.94. The summed E-state index contributed by atoms with van der Waals surface area (Å²) < 4.78 is 7.44. The van der Waals surface area contributed by atoms with Crippen molar-refractivity contribution in [3.05, 3.63) is 66.1 Å². The van der Waals surface area contributed by atoms with Crippen LogP contribution in [0, 0.1) is 13.8 Å². The molecule has 0 amide bonds. The van der Waals surface area contributed by atoms with Crippen molar-refractivity contribution in [1.29, 1.82) is 0 Å². The van der Waals surface area contributed by atoms with E-state index in [2.05, 4.69) is 69.0 Å². The Hall–Kier alpha value is -3.61. The average Bonchev–Trinajstić information content (AvgIpc) is 3.25. The fourth-order valence-corrected chi connectivity index (χ4v) is 4.18. The van der Waals surface area contributed by atoms with Gasteiger partial charge in [-0.1, -0.05) is 18.2 Å². The molecule has 1 saturated heterocycles. The summed E-state index contributed by atoms with van der Waals surface area (Å²) in [6, 6.07) is 14.5. The maximum absolute atomic E-state index is 5.54. The van der Waals surface area contributed by atoms with Crippen LogP contribution >= 0.6 is 0 Å². The Morgan fingerprint density at radius 3 is 2.42 bits per heavy atom. The van der Waals surface area contributed by atoms with Crippen LogP contribution in [0.2, 0.25) is 0 Å². The second kappa shape index (κ2) is 7.91. The summed E-state index contributed by atoms with van der Waals surface area (Å²) in [4.78, 5) is 13.9. The van der Waals surface area contributed by atoms with Crippen LogP contribution in [0.15, 0.2) is 55.0 Å². The van der Waals surface area contributed by atoms with Gasteiger partial charge in [0.2, 0.25) is 0 Å². The largest absolute Gasteiger partial charge is 0.495 e. The number of aromatic nitrogens is 4. The van der Waals surface area contributed by atoms with Crippen molar-refractivity contribution in [2.24, 2.45) is 0 Å². The van der Waals surface area contributed by atoms with Crippen molar-refractivity contribution >= 4 is 22.5 Å². The molecule has 0 atom stereocenters. The summed E-state index contributed by atoms with van der Waals surface area (Å²) in [7, 11) is 1.72. The Balaban J connectivity index is 1.42. The molecule has 0 bridgehead atoms. The smallest absolute Gasteiger partial charge is 0.168 e. The van der Waals surface area contributed by atoms with E-state index in [9.17, 15) is 0 Å². The van der Waals surface area contributed by atoms with Crippen molar-refractivity contribution in [2.45, 2.75) is 13.8 Å². The molecular formula is C24H26N6O. The lowest BCUT2D eigenvalue weighted by molar-refractivity contribution is 0.413. The van der Waals surface area contributed by atoms with Gasteiger partial charge in [0.15, 0.2) is 5.65 Å². The van der Waals surface area contributed by atoms with E-state index in [1.165, 1.54) is 11.1 Å². The standard InChI is InChI=1S/C24H26N6O/c1-17-8-9-19(14-18(17)2)30-24-20(15-27-30)23(25-16-26-24)29-12-10-28(11-13-29)21-6-4-5-7-22(21)31-3/h4-9,14-16H,10-13H2,1-3H3. The van der Waals surface area contributed by atoms with Gasteiger partial charge in [-0.2, -0.15) is 5.10 Å². The van der Waals surface area contributed by atoms with Gasteiger partial charge in [-0.25, -0.2) is 14.6 Å². The van der Waals surface area contributed by atoms with Gasteiger partial charge in [0.25, 0.3) is 0 Å². The predicted molar refractivity (Wildman–Crippen MR) is 124 cm³/mol. The lowest BCUT2D eigenvalue weighted by Crippen LogP contribution is -2.47. The number of fused-ring (bicyclic) bond motifs is 1. The molecule has 5 rings (SSSR count). The van der Waals surface area contributed by atoms with Gasteiger partial charge < -0.3 is 14.5 Å². The third kappa shape index (κ3) is 3.46. The normalized spacial score (nSPS) is 14.3. The highest BCUT2D eigenvalue weighted by atomic mass is 16.5. The summed E-state index contributed by atoms with van der Waals surface area (Å²) in [5, 5.41) is 5.62.